The first-order valence-electron chi connectivity index (χ1n) is 6.55. The lowest BCUT2D eigenvalue weighted by atomic mass is 9.96. The number of phenols is 3. The van der Waals surface area contributed by atoms with Crippen LogP contribution >= 0.6 is 0 Å². The summed E-state index contributed by atoms with van der Waals surface area (Å²) in [4.78, 5) is 0. The number of methoxy groups -OCH3 is 1. The van der Waals surface area contributed by atoms with E-state index in [1.807, 2.05) is 0 Å². The van der Waals surface area contributed by atoms with Gasteiger partial charge < -0.3 is 24.8 Å². The highest BCUT2D eigenvalue weighted by Crippen LogP contribution is 2.48. The van der Waals surface area contributed by atoms with Crippen LogP contribution in [0.3, 0.4) is 0 Å². The number of rotatable bonds is 2. The molecule has 0 radical (unpaired) electrons. The number of benzene rings is 2. The van der Waals surface area contributed by atoms with E-state index in [2.05, 4.69) is 0 Å². The Morgan fingerprint density at radius 1 is 1.00 bits per heavy atom. The van der Waals surface area contributed by atoms with E-state index in [9.17, 15) is 15.3 Å². The third-order valence-corrected chi connectivity index (χ3v) is 3.66. The summed E-state index contributed by atoms with van der Waals surface area (Å²) in [5.74, 6) is 0.445. The van der Waals surface area contributed by atoms with E-state index in [1.165, 1.54) is 13.2 Å². The summed E-state index contributed by atoms with van der Waals surface area (Å²) in [5, 5.41) is 30.4. The highest BCUT2D eigenvalue weighted by atomic mass is 16.5. The lowest BCUT2D eigenvalue weighted by molar-refractivity contribution is 0.0892. The van der Waals surface area contributed by atoms with Gasteiger partial charge in [0.2, 0.25) is 0 Å². The Morgan fingerprint density at radius 3 is 2.24 bits per heavy atom. The zero-order valence-electron chi connectivity index (χ0n) is 11.8. The maximum absolute atomic E-state index is 10.2. The van der Waals surface area contributed by atoms with Crippen molar-refractivity contribution in [3.63, 3.8) is 0 Å². The van der Waals surface area contributed by atoms with Gasteiger partial charge >= 0.3 is 0 Å². The minimum atomic E-state index is -0.702. The van der Waals surface area contributed by atoms with Crippen molar-refractivity contribution in [2.45, 2.75) is 19.6 Å². The molecule has 1 heterocycles. The zero-order chi connectivity index (χ0) is 15.1. The van der Waals surface area contributed by atoms with Gasteiger partial charge in [-0.1, -0.05) is 0 Å². The van der Waals surface area contributed by atoms with Crippen LogP contribution in [0.4, 0.5) is 0 Å². The van der Waals surface area contributed by atoms with Crippen molar-refractivity contribution in [2.24, 2.45) is 0 Å². The SMILES string of the molecule is COc1cc(O)c2c(c1)CO[C@@H]2c1c(O)cc(C)cc1O. The minimum absolute atomic E-state index is 0.0197. The molecule has 0 bridgehead atoms. The van der Waals surface area contributed by atoms with Crippen LogP contribution < -0.4 is 4.74 Å². The predicted molar refractivity (Wildman–Crippen MR) is 75.8 cm³/mol. The second-order valence-corrected chi connectivity index (χ2v) is 5.13. The second kappa shape index (κ2) is 4.86. The van der Waals surface area contributed by atoms with Crippen molar-refractivity contribution < 1.29 is 24.8 Å². The van der Waals surface area contributed by atoms with Gasteiger partial charge in [0.25, 0.3) is 0 Å². The molecule has 3 N–H and O–H groups in total. The summed E-state index contributed by atoms with van der Waals surface area (Å²) in [6.07, 6.45) is -0.702. The Labute approximate surface area is 122 Å². The summed E-state index contributed by atoms with van der Waals surface area (Å²) in [6.45, 7) is 2.05. The van der Waals surface area contributed by atoms with Crippen LogP contribution in [0.1, 0.15) is 28.4 Å². The number of aryl methyl sites for hydroxylation is 1. The minimum Gasteiger partial charge on any atom is -0.507 e. The fourth-order valence-electron chi connectivity index (χ4n) is 2.72. The fourth-order valence-corrected chi connectivity index (χ4v) is 2.72. The van der Waals surface area contributed by atoms with Crippen molar-refractivity contribution in [1.82, 2.24) is 0 Å². The number of hydrogen-bond acceptors (Lipinski definition) is 5. The molecule has 1 atom stereocenters. The molecule has 0 saturated heterocycles. The van der Waals surface area contributed by atoms with Gasteiger partial charge in [-0.25, -0.2) is 0 Å². The molecular weight excluding hydrogens is 272 g/mol. The van der Waals surface area contributed by atoms with Crippen molar-refractivity contribution in [2.75, 3.05) is 7.11 Å². The lowest BCUT2D eigenvalue weighted by Crippen LogP contribution is -2.01. The smallest absolute Gasteiger partial charge is 0.125 e. The molecule has 0 aromatic heterocycles. The second-order valence-electron chi connectivity index (χ2n) is 5.13. The monoisotopic (exact) mass is 288 g/mol. The van der Waals surface area contributed by atoms with E-state index in [0.717, 1.165) is 11.1 Å². The van der Waals surface area contributed by atoms with Gasteiger partial charge in [-0.2, -0.15) is 0 Å². The summed E-state index contributed by atoms with van der Waals surface area (Å²) < 4.78 is 10.8. The van der Waals surface area contributed by atoms with Crippen molar-refractivity contribution in [1.29, 1.82) is 0 Å². The molecule has 0 fully saturated rings. The molecule has 110 valence electrons. The van der Waals surface area contributed by atoms with Gasteiger partial charge in [0.05, 0.1) is 19.3 Å². The third kappa shape index (κ3) is 2.15. The van der Waals surface area contributed by atoms with E-state index in [-0.39, 0.29) is 29.4 Å². The first kappa shape index (κ1) is 13.6. The fraction of sp³-hybridized carbons (Fsp3) is 0.250. The van der Waals surface area contributed by atoms with E-state index in [4.69, 9.17) is 9.47 Å². The molecule has 0 amide bonds. The van der Waals surface area contributed by atoms with Crippen LogP contribution in [-0.2, 0) is 11.3 Å². The first-order valence-corrected chi connectivity index (χ1v) is 6.55. The normalized spacial score (nSPS) is 16.8. The molecule has 3 rings (SSSR count). The molecule has 21 heavy (non-hydrogen) atoms. The van der Waals surface area contributed by atoms with Gasteiger partial charge in [-0.15, -0.1) is 0 Å². The van der Waals surface area contributed by atoms with Crippen LogP contribution in [0.5, 0.6) is 23.0 Å². The molecule has 5 heteroatoms. The molecule has 2 aromatic rings. The van der Waals surface area contributed by atoms with E-state index in [1.54, 1.807) is 25.1 Å². The number of ether oxygens (including phenoxy) is 2. The molecule has 5 nitrogen and oxygen atoms in total. The topological polar surface area (TPSA) is 79.2 Å². The van der Waals surface area contributed by atoms with Gasteiger partial charge in [-0.05, 0) is 36.2 Å². The van der Waals surface area contributed by atoms with Crippen LogP contribution in [0.25, 0.3) is 0 Å². The Morgan fingerprint density at radius 2 is 1.62 bits per heavy atom. The van der Waals surface area contributed by atoms with Gasteiger partial charge in [0.15, 0.2) is 0 Å². The van der Waals surface area contributed by atoms with Crippen LogP contribution in [-0.4, -0.2) is 22.4 Å². The molecule has 1 aliphatic heterocycles. The van der Waals surface area contributed by atoms with Crippen molar-refractivity contribution in [3.8, 4) is 23.0 Å². The first-order chi connectivity index (χ1) is 10.0. The van der Waals surface area contributed by atoms with E-state index < -0.39 is 6.10 Å². The standard InChI is InChI=1S/C16H16O5/c1-8-3-11(17)15(12(18)4-8)16-14-9(7-21-16)5-10(20-2)6-13(14)19/h3-6,16-19H,7H2,1-2H3/t16-/m0/s1. The Bertz CT molecular complexity index is 685. The highest BCUT2D eigenvalue weighted by Gasteiger charge is 2.32. The molecule has 0 aliphatic carbocycles. The van der Waals surface area contributed by atoms with Gasteiger partial charge in [-0.3, -0.25) is 0 Å². The Kier molecular flexibility index (Phi) is 3.14. The molecule has 0 spiro atoms. The highest BCUT2D eigenvalue weighted by molar-refractivity contribution is 5.57. The van der Waals surface area contributed by atoms with Gasteiger partial charge in [0, 0.05) is 11.6 Å². The number of phenolic OH excluding ortho intramolecular Hbond substituents is 3. The average molecular weight is 288 g/mol. The largest absolute Gasteiger partial charge is 0.507 e. The molecule has 0 unspecified atom stereocenters. The quantitative estimate of drug-likeness (QED) is 0.792. The van der Waals surface area contributed by atoms with Crippen LogP contribution in [0.2, 0.25) is 0 Å². The summed E-state index contributed by atoms with van der Waals surface area (Å²) in [5.41, 5.74) is 2.33. The lowest BCUT2D eigenvalue weighted by Gasteiger charge is -2.17. The third-order valence-electron chi connectivity index (χ3n) is 3.66. The van der Waals surface area contributed by atoms with Crippen molar-refractivity contribution in [3.05, 3.63) is 46.5 Å². The zero-order valence-corrected chi connectivity index (χ0v) is 11.8. The molecule has 2 aromatic carbocycles. The average Bonchev–Trinajstić information content (AvgIpc) is 2.81. The molecule has 0 saturated carbocycles. The van der Waals surface area contributed by atoms with Crippen molar-refractivity contribution >= 4 is 0 Å². The Hall–Kier alpha value is -2.40. The summed E-state index contributed by atoms with van der Waals surface area (Å²) in [7, 11) is 1.52. The predicted octanol–water partition coefficient (Wildman–Crippen LogP) is 2.74. The number of aromatic hydroxyl groups is 3. The van der Waals surface area contributed by atoms with Crippen LogP contribution in [0.15, 0.2) is 24.3 Å². The number of fused-ring (bicyclic) bond motifs is 1. The summed E-state index contributed by atoms with van der Waals surface area (Å²) >= 11 is 0. The van der Waals surface area contributed by atoms with Crippen LogP contribution in [0, 0.1) is 6.92 Å². The van der Waals surface area contributed by atoms with E-state index in [0.29, 0.717) is 11.3 Å². The molecular formula is C16H16O5. The summed E-state index contributed by atoms with van der Waals surface area (Å²) in [6, 6.07) is 6.37. The van der Waals surface area contributed by atoms with E-state index >= 15 is 0 Å². The maximum atomic E-state index is 10.2. The van der Waals surface area contributed by atoms with Gasteiger partial charge in [0.1, 0.15) is 29.1 Å². The molecule has 1 aliphatic rings. The number of hydrogen-bond donors (Lipinski definition) is 3. The maximum Gasteiger partial charge on any atom is 0.125 e. The Balaban J connectivity index is 2.14.